The predicted molar refractivity (Wildman–Crippen MR) is 83.4 cm³/mol. The van der Waals surface area contributed by atoms with Gasteiger partial charge in [-0.15, -0.1) is 0 Å². The molecule has 0 fully saturated rings. The third-order valence-electron chi connectivity index (χ3n) is 3.94. The standard InChI is InChI=1S/C16H25N3O/c1-12(2)19(3)10-9-18-16(20)14-6-7-15-13(11-14)5-4-8-17-15/h6-7,11-12,17H,4-5,8-10H2,1-3H3,(H,18,20). The Labute approximate surface area is 121 Å². The maximum absolute atomic E-state index is 12.1. The van der Waals surface area contributed by atoms with Crippen molar-refractivity contribution in [1.82, 2.24) is 10.2 Å². The Balaban J connectivity index is 1.89. The summed E-state index contributed by atoms with van der Waals surface area (Å²) in [5.41, 5.74) is 3.19. The van der Waals surface area contributed by atoms with E-state index in [-0.39, 0.29) is 5.91 Å². The molecule has 20 heavy (non-hydrogen) atoms. The fourth-order valence-electron chi connectivity index (χ4n) is 2.32. The Morgan fingerprint density at radius 3 is 3.00 bits per heavy atom. The van der Waals surface area contributed by atoms with Gasteiger partial charge in [0.05, 0.1) is 0 Å². The van der Waals surface area contributed by atoms with Gasteiger partial charge in [-0.2, -0.15) is 0 Å². The van der Waals surface area contributed by atoms with Gasteiger partial charge in [0.15, 0.2) is 0 Å². The second kappa shape index (κ2) is 6.75. The number of anilines is 1. The number of aryl methyl sites for hydroxylation is 1. The van der Waals surface area contributed by atoms with Gasteiger partial charge < -0.3 is 15.5 Å². The lowest BCUT2D eigenvalue weighted by Crippen LogP contribution is -2.36. The lowest BCUT2D eigenvalue weighted by Gasteiger charge is -2.21. The van der Waals surface area contributed by atoms with Gasteiger partial charge in [-0.05, 0) is 57.5 Å². The zero-order chi connectivity index (χ0) is 14.5. The molecule has 0 aliphatic carbocycles. The number of rotatable bonds is 5. The molecule has 0 spiro atoms. The number of benzene rings is 1. The minimum atomic E-state index is 0.0236. The second-order valence-corrected chi connectivity index (χ2v) is 5.73. The van der Waals surface area contributed by atoms with Gasteiger partial charge in [-0.25, -0.2) is 0 Å². The molecule has 1 aromatic rings. The maximum atomic E-state index is 12.1. The van der Waals surface area contributed by atoms with Crippen LogP contribution < -0.4 is 10.6 Å². The molecule has 1 aromatic carbocycles. The Bertz CT molecular complexity index is 471. The average molecular weight is 275 g/mol. The average Bonchev–Trinajstić information content (AvgIpc) is 2.46. The monoisotopic (exact) mass is 275 g/mol. The van der Waals surface area contributed by atoms with E-state index in [0.29, 0.717) is 12.6 Å². The van der Waals surface area contributed by atoms with Gasteiger partial charge in [0.25, 0.3) is 5.91 Å². The highest BCUT2D eigenvalue weighted by atomic mass is 16.1. The topological polar surface area (TPSA) is 44.4 Å². The van der Waals surface area contributed by atoms with Crippen LogP contribution in [0, 0.1) is 0 Å². The Hall–Kier alpha value is -1.55. The summed E-state index contributed by atoms with van der Waals surface area (Å²) in [4.78, 5) is 14.4. The molecular formula is C16H25N3O. The molecule has 110 valence electrons. The zero-order valence-electron chi connectivity index (χ0n) is 12.7. The lowest BCUT2D eigenvalue weighted by atomic mass is 10.0. The van der Waals surface area contributed by atoms with E-state index >= 15 is 0 Å². The highest BCUT2D eigenvalue weighted by Crippen LogP contribution is 2.22. The molecule has 0 saturated carbocycles. The molecule has 1 aliphatic rings. The summed E-state index contributed by atoms with van der Waals surface area (Å²) in [6, 6.07) is 6.44. The number of fused-ring (bicyclic) bond motifs is 1. The number of amides is 1. The van der Waals surface area contributed by atoms with Crippen LogP contribution in [0.5, 0.6) is 0 Å². The van der Waals surface area contributed by atoms with Crippen LogP contribution in [0.15, 0.2) is 18.2 Å². The fraction of sp³-hybridized carbons (Fsp3) is 0.562. The van der Waals surface area contributed by atoms with E-state index in [9.17, 15) is 4.79 Å². The first-order valence-electron chi connectivity index (χ1n) is 7.43. The van der Waals surface area contributed by atoms with Crippen LogP contribution in [0.2, 0.25) is 0 Å². The second-order valence-electron chi connectivity index (χ2n) is 5.73. The quantitative estimate of drug-likeness (QED) is 0.865. The maximum Gasteiger partial charge on any atom is 0.251 e. The molecule has 1 amide bonds. The van der Waals surface area contributed by atoms with Crippen molar-refractivity contribution in [3.05, 3.63) is 29.3 Å². The minimum absolute atomic E-state index is 0.0236. The molecule has 0 atom stereocenters. The van der Waals surface area contributed by atoms with Crippen LogP contribution in [0.25, 0.3) is 0 Å². The predicted octanol–water partition coefficient (Wildman–Crippen LogP) is 2.11. The molecule has 4 heteroatoms. The summed E-state index contributed by atoms with van der Waals surface area (Å²) in [5, 5.41) is 6.35. The van der Waals surface area contributed by atoms with Gasteiger partial charge >= 0.3 is 0 Å². The number of nitrogens with one attached hydrogen (secondary N) is 2. The first-order valence-corrected chi connectivity index (χ1v) is 7.43. The summed E-state index contributed by atoms with van der Waals surface area (Å²) in [6.45, 7) is 6.88. The lowest BCUT2D eigenvalue weighted by molar-refractivity contribution is 0.0948. The van der Waals surface area contributed by atoms with E-state index in [0.717, 1.165) is 31.5 Å². The molecule has 1 heterocycles. The molecule has 4 nitrogen and oxygen atoms in total. The first-order chi connectivity index (χ1) is 9.58. The van der Waals surface area contributed by atoms with Crippen LogP contribution >= 0.6 is 0 Å². The van der Waals surface area contributed by atoms with Gasteiger partial charge in [-0.1, -0.05) is 0 Å². The Morgan fingerprint density at radius 1 is 1.45 bits per heavy atom. The van der Waals surface area contributed by atoms with Crippen molar-refractivity contribution < 1.29 is 4.79 Å². The zero-order valence-corrected chi connectivity index (χ0v) is 12.7. The largest absolute Gasteiger partial charge is 0.385 e. The number of hydrogen-bond donors (Lipinski definition) is 2. The van der Waals surface area contributed by atoms with Crippen molar-refractivity contribution in [3.63, 3.8) is 0 Å². The van der Waals surface area contributed by atoms with Gasteiger partial charge in [-0.3, -0.25) is 4.79 Å². The minimum Gasteiger partial charge on any atom is -0.385 e. The first kappa shape index (κ1) is 14.9. The Kier molecular flexibility index (Phi) is 5.01. The normalized spacial score (nSPS) is 14.1. The van der Waals surface area contributed by atoms with Crippen molar-refractivity contribution >= 4 is 11.6 Å². The number of likely N-dealkylation sites (N-methyl/N-ethyl adjacent to an activating group) is 1. The highest BCUT2D eigenvalue weighted by Gasteiger charge is 2.12. The molecule has 0 aromatic heterocycles. The van der Waals surface area contributed by atoms with Crippen LogP contribution in [-0.4, -0.2) is 43.5 Å². The van der Waals surface area contributed by atoms with Crippen molar-refractivity contribution in [2.24, 2.45) is 0 Å². The van der Waals surface area contributed by atoms with Crippen LogP contribution in [-0.2, 0) is 6.42 Å². The molecule has 1 aliphatic heterocycles. The number of nitrogens with zero attached hydrogens (tertiary/aromatic N) is 1. The summed E-state index contributed by atoms with van der Waals surface area (Å²) >= 11 is 0. The van der Waals surface area contributed by atoms with Crippen molar-refractivity contribution in [1.29, 1.82) is 0 Å². The SMILES string of the molecule is CC(C)N(C)CCNC(=O)c1ccc2c(c1)CCCN2. The smallest absolute Gasteiger partial charge is 0.251 e. The van der Waals surface area contributed by atoms with E-state index in [4.69, 9.17) is 0 Å². The van der Waals surface area contributed by atoms with Crippen molar-refractivity contribution in [2.45, 2.75) is 32.7 Å². The summed E-state index contributed by atoms with van der Waals surface area (Å²) in [7, 11) is 2.07. The highest BCUT2D eigenvalue weighted by molar-refractivity contribution is 5.94. The van der Waals surface area contributed by atoms with E-state index in [1.165, 1.54) is 11.3 Å². The fourth-order valence-corrected chi connectivity index (χ4v) is 2.32. The number of carbonyl (C=O) groups excluding carboxylic acids is 1. The summed E-state index contributed by atoms with van der Waals surface area (Å²) < 4.78 is 0. The molecule has 0 unspecified atom stereocenters. The molecule has 2 N–H and O–H groups in total. The Morgan fingerprint density at radius 2 is 2.25 bits per heavy atom. The molecule has 0 radical (unpaired) electrons. The van der Waals surface area contributed by atoms with E-state index in [1.54, 1.807) is 0 Å². The third-order valence-corrected chi connectivity index (χ3v) is 3.94. The van der Waals surface area contributed by atoms with E-state index in [1.807, 2.05) is 18.2 Å². The van der Waals surface area contributed by atoms with Gasteiger partial charge in [0.2, 0.25) is 0 Å². The van der Waals surface area contributed by atoms with Crippen LogP contribution in [0.1, 0.15) is 36.2 Å². The van der Waals surface area contributed by atoms with Gasteiger partial charge in [0, 0.05) is 36.9 Å². The molecule has 0 saturated heterocycles. The van der Waals surface area contributed by atoms with Crippen LogP contribution in [0.4, 0.5) is 5.69 Å². The number of carbonyl (C=O) groups is 1. The number of hydrogen-bond acceptors (Lipinski definition) is 3. The van der Waals surface area contributed by atoms with Gasteiger partial charge in [0.1, 0.15) is 0 Å². The third kappa shape index (κ3) is 3.73. The van der Waals surface area contributed by atoms with Crippen molar-refractivity contribution in [3.8, 4) is 0 Å². The van der Waals surface area contributed by atoms with Crippen LogP contribution in [0.3, 0.4) is 0 Å². The summed E-state index contributed by atoms with van der Waals surface area (Å²) in [6.07, 6.45) is 2.19. The molecular weight excluding hydrogens is 250 g/mol. The molecule has 2 rings (SSSR count). The van der Waals surface area contributed by atoms with E-state index in [2.05, 4.69) is 36.4 Å². The van der Waals surface area contributed by atoms with E-state index < -0.39 is 0 Å². The molecule has 0 bridgehead atoms. The van der Waals surface area contributed by atoms with Crippen molar-refractivity contribution in [2.75, 3.05) is 32.0 Å². The summed E-state index contributed by atoms with van der Waals surface area (Å²) in [5.74, 6) is 0.0236.